The number of nitrogens with zero attached hydrogens (tertiary/aromatic N) is 1. The van der Waals surface area contributed by atoms with Crippen LogP contribution in [0.15, 0.2) is 64.0 Å². The van der Waals surface area contributed by atoms with Gasteiger partial charge in [0, 0.05) is 23.6 Å². The Morgan fingerprint density at radius 2 is 1.81 bits per heavy atom. The summed E-state index contributed by atoms with van der Waals surface area (Å²) in [6.07, 6.45) is -0.659. The molecule has 1 aliphatic carbocycles. The van der Waals surface area contributed by atoms with E-state index in [1.807, 2.05) is 24.3 Å². The zero-order valence-electron chi connectivity index (χ0n) is 14.3. The Kier molecular flexibility index (Phi) is 4.47. The Morgan fingerprint density at radius 1 is 1.11 bits per heavy atom. The third-order valence-electron chi connectivity index (χ3n) is 4.56. The first-order valence-electron chi connectivity index (χ1n) is 8.60. The molecule has 4 rings (SSSR count). The highest BCUT2D eigenvalue weighted by Gasteiger charge is 2.31. The van der Waals surface area contributed by atoms with Crippen LogP contribution in [0.1, 0.15) is 18.4 Å². The van der Waals surface area contributed by atoms with Gasteiger partial charge in [0.1, 0.15) is 9.92 Å². The molecule has 3 aromatic rings. The number of alkyl halides is 3. The number of halogens is 3. The number of fused-ring (bicyclic) bond motifs is 1. The second-order valence-electron chi connectivity index (χ2n) is 6.65. The number of para-hydroxylation sites is 1. The van der Waals surface area contributed by atoms with E-state index in [4.69, 9.17) is 0 Å². The fraction of sp³-hybridized carbons (Fsp3) is 0.263. The van der Waals surface area contributed by atoms with Crippen LogP contribution >= 0.6 is 0 Å². The predicted molar refractivity (Wildman–Crippen MR) is 99.0 cm³/mol. The van der Waals surface area contributed by atoms with E-state index in [9.17, 15) is 17.4 Å². The van der Waals surface area contributed by atoms with Gasteiger partial charge in [-0.2, -0.15) is 17.5 Å². The monoisotopic (exact) mass is 393 g/mol. The molecule has 0 saturated heterocycles. The molecule has 0 amide bonds. The summed E-state index contributed by atoms with van der Waals surface area (Å²) >= 11 is 0. The Morgan fingerprint density at radius 3 is 2.48 bits per heavy atom. The summed E-state index contributed by atoms with van der Waals surface area (Å²) in [7, 11) is -3.11. The van der Waals surface area contributed by atoms with Gasteiger partial charge in [0.15, 0.2) is 0 Å². The number of rotatable bonds is 5. The van der Waals surface area contributed by atoms with Gasteiger partial charge in [-0.3, -0.25) is 0 Å². The van der Waals surface area contributed by atoms with E-state index >= 15 is 0 Å². The SMILES string of the molecule is O=S(=Nc1c[nH]c2ccccc12)(NCC1CC1)c1ccc(C(F)(F)F)cc1. The highest BCUT2D eigenvalue weighted by molar-refractivity contribution is 7.92. The summed E-state index contributed by atoms with van der Waals surface area (Å²) in [5, 5.41) is 0.811. The summed E-state index contributed by atoms with van der Waals surface area (Å²) in [4.78, 5) is 3.31. The van der Waals surface area contributed by atoms with Gasteiger partial charge in [-0.15, -0.1) is 0 Å². The van der Waals surface area contributed by atoms with Crippen molar-refractivity contribution in [3.05, 3.63) is 60.3 Å². The topological polar surface area (TPSA) is 57.2 Å². The van der Waals surface area contributed by atoms with Crippen LogP contribution in [-0.4, -0.2) is 15.7 Å². The molecular weight excluding hydrogens is 375 g/mol. The van der Waals surface area contributed by atoms with E-state index in [2.05, 4.69) is 14.1 Å². The normalized spacial score (nSPS) is 17.0. The molecule has 1 heterocycles. The maximum absolute atomic E-state index is 13.6. The third-order valence-corrected chi connectivity index (χ3v) is 6.48. The molecule has 4 nitrogen and oxygen atoms in total. The second-order valence-corrected chi connectivity index (χ2v) is 8.64. The average molecular weight is 393 g/mol. The Balaban J connectivity index is 1.78. The van der Waals surface area contributed by atoms with Crippen molar-refractivity contribution in [2.24, 2.45) is 10.3 Å². The van der Waals surface area contributed by atoms with Crippen molar-refractivity contribution >= 4 is 26.5 Å². The van der Waals surface area contributed by atoms with E-state index in [0.29, 0.717) is 18.2 Å². The number of hydrogen-bond donors (Lipinski definition) is 2. The molecular formula is C19H18F3N3OS. The van der Waals surface area contributed by atoms with Crippen molar-refractivity contribution in [1.82, 2.24) is 9.71 Å². The molecule has 1 saturated carbocycles. The molecule has 142 valence electrons. The lowest BCUT2D eigenvalue weighted by molar-refractivity contribution is -0.137. The fourth-order valence-corrected chi connectivity index (χ4v) is 4.55. The van der Waals surface area contributed by atoms with E-state index < -0.39 is 21.7 Å². The van der Waals surface area contributed by atoms with Crippen molar-refractivity contribution in [3.8, 4) is 0 Å². The fourth-order valence-electron chi connectivity index (χ4n) is 2.82. The van der Waals surface area contributed by atoms with Gasteiger partial charge in [-0.1, -0.05) is 18.2 Å². The lowest BCUT2D eigenvalue weighted by atomic mass is 10.2. The molecule has 0 spiro atoms. The van der Waals surface area contributed by atoms with Gasteiger partial charge in [0.2, 0.25) is 0 Å². The molecule has 1 atom stereocenters. The number of nitrogens with one attached hydrogen (secondary N) is 2. The van der Waals surface area contributed by atoms with Gasteiger partial charge < -0.3 is 4.98 Å². The van der Waals surface area contributed by atoms with E-state index in [1.165, 1.54) is 12.1 Å². The lowest BCUT2D eigenvalue weighted by Gasteiger charge is -2.13. The van der Waals surface area contributed by atoms with Crippen LogP contribution in [0.5, 0.6) is 0 Å². The minimum absolute atomic E-state index is 0.237. The minimum atomic E-state index is -4.44. The predicted octanol–water partition coefficient (Wildman–Crippen LogP) is 5.26. The van der Waals surface area contributed by atoms with Crippen molar-refractivity contribution in [2.75, 3.05) is 6.54 Å². The molecule has 1 fully saturated rings. The summed E-state index contributed by atoms with van der Waals surface area (Å²) in [6, 6.07) is 11.8. The Hall–Kier alpha value is -2.32. The number of benzene rings is 2. The van der Waals surface area contributed by atoms with Crippen LogP contribution in [0.25, 0.3) is 10.9 Å². The summed E-state index contributed by atoms with van der Waals surface area (Å²) in [5.41, 5.74) is 0.591. The van der Waals surface area contributed by atoms with Crippen molar-refractivity contribution in [3.63, 3.8) is 0 Å². The molecule has 2 aromatic carbocycles. The zero-order chi connectivity index (χ0) is 19.1. The third kappa shape index (κ3) is 3.86. The number of aromatic nitrogens is 1. The molecule has 27 heavy (non-hydrogen) atoms. The maximum atomic E-state index is 13.6. The van der Waals surface area contributed by atoms with Gasteiger partial charge in [0.25, 0.3) is 0 Å². The Labute approximate surface area is 155 Å². The molecule has 1 aromatic heterocycles. The molecule has 0 radical (unpaired) electrons. The largest absolute Gasteiger partial charge is 0.416 e. The minimum Gasteiger partial charge on any atom is -0.359 e. The summed E-state index contributed by atoms with van der Waals surface area (Å²) in [5.74, 6) is 0.443. The molecule has 0 bridgehead atoms. The standard InChI is InChI=1S/C19H18F3N3OS/c20-19(21,22)14-7-9-15(10-8-14)27(26,24-11-13-5-6-13)25-18-12-23-17-4-2-1-3-16(17)18/h1-4,7-10,12-13,23H,5-6,11H2,(H,24,25,26). The van der Waals surface area contributed by atoms with Crippen LogP contribution in [0.3, 0.4) is 0 Å². The smallest absolute Gasteiger partial charge is 0.359 e. The molecule has 2 N–H and O–H groups in total. The second kappa shape index (κ2) is 6.69. The van der Waals surface area contributed by atoms with Crippen LogP contribution < -0.4 is 4.72 Å². The first-order valence-corrected chi connectivity index (χ1v) is 10.1. The van der Waals surface area contributed by atoms with Crippen LogP contribution in [-0.2, 0) is 16.1 Å². The van der Waals surface area contributed by atoms with Gasteiger partial charge in [-0.05, 0) is 49.1 Å². The number of H-pyrrole nitrogens is 1. The van der Waals surface area contributed by atoms with Crippen LogP contribution in [0.4, 0.5) is 18.9 Å². The average Bonchev–Trinajstić information content (AvgIpc) is 3.40. The summed E-state index contributed by atoms with van der Waals surface area (Å²) in [6.45, 7) is 0.520. The maximum Gasteiger partial charge on any atom is 0.416 e. The zero-order valence-corrected chi connectivity index (χ0v) is 15.1. The molecule has 0 aliphatic heterocycles. The highest BCUT2D eigenvalue weighted by atomic mass is 32.2. The van der Waals surface area contributed by atoms with Gasteiger partial charge >= 0.3 is 6.18 Å². The first-order chi connectivity index (χ1) is 12.9. The van der Waals surface area contributed by atoms with E-state index in [-0.39, 0.29) is 4.90 Å². The quantitative estimate of drug-likeness (QED) is 0.610. The first kappa shape index (κ1) is 18.1. The van der Waals surface area contributed by atoms with Crippen LogP contribution in [0, 0.1) is 5.92 Å². The Bertz CT molecular complexity index is 1080. The lowest BCUT2D eigenvalue weighted by Crippen LogP contribution is -2.25. The van der Waals surface area contributed by atoms with E-state index in [0.717, 1.165) is 35.9 Å². The van der Waals surface area contributed by atoms with Gasteiger partial charge in [0.05, 0.1) is 16.1 Å². The van der Waals surface area contributed by atoms with Crippen LogP contribution in [0.2, 0.25) is 0 Å². The number of aromatic amines is 1. The van der Waals surface area contributed by atoms with Crippen molar-refractivity contribution < 1.29 is 17.4 Å². The van der Waals surface area contributed by atoms with Crippen molar-refractivity contribution in [1.29, 1.82) is 0 Å². The van der Waals surface area contributed by atoms with Gasteiger partial charge in [-0.25, -0.2) is 8.93 Å². The summed E-state index contributed by atoms with van der Waals surface area (Å²) < 4.78 is 59.6. The highest BCUT2D eigenvalue weighted by Crippen LogP contribution is 2.33. The molecule has 1 unspecified atom stereocenters. The number of hydrogen-bond acceptors (Lipinski definition) is 2. The van der Waals surface area contributed by atoms with E-state index in [1.54, 1.807) is 6.20 Å². The van der Waals surface area contributed by atoms with Crippen molar-refractivity contribution in [2.45, 2.75) is 23.9 Å². The molecule has 1 aliphatic rings. The molecule has 8 heteroatoms.